The Morgan fingerprint density at radius 3 is 2.43 bits per heavy atom. The van der Waals surface area contributed by atoms with Crippen LogP contribution >= 0.6 is 0 Å². The van der Waals surface area contributed by atoms with Crippen molar-refractivity contribution in [3.05, 3.63) is 29.8 Å². The molecule has 8 heteroatoms. The van der Waals surface area contributed by atoms with Crippen LogP contribution in [0.4, 0.5) is 0 Å². The Hall–Kier alpha value is -2.58. The second kappa shape index (κ2) is 7.27. The Morgan fingerprint density at radius 2 is 1.90 bits per heavy atom. The number of ether oxygens (including phenoxy) is 1. The van der Waals surface area contributed by atoms with Crippen LogP contribution in [0.2, 0.25) is 0 Å². The first-order chi connectivity index (χ1) is 9.85. The van der Waals surface area contributed by atoms with Gasteiger partial charge in [-0.25, -0.2) is 9.59 Å². The molecule has 0 aliphatic heterocycles. The average molecular weight is 298 g/mol. The number of carbonyl (C=O) groups excluding carboxylic acids is 1. The van der Waals surface area contributed by atoms with Crippen molar-refractivity contribution in [2.24, 2.45) is 0 Å². The molecule has 0 saturated carbocycles. The minimum absolute atomic E-state index is 0.327. The van der Waals surface area contributed by atoms with E-state index in [0.29, 0.717) is 5.56 Å². The smallest absolute Gasteiger partial charge is 0.347 e. The van der Waals surface area contributed by atoms with Crippen LogP contribution in [0.15, 0.2) is 24.3 Å². The number of carboxylic acid groups (broad SMARTS) is 1. The van der Waals surface area contributed by atoms with Crippen molar-refractivity contribution in [2.45, 2.75) is 12.2 Å². The first-order valence-corrected chi connectivity index (χ1v) is 5.77. The summed E-state index contributed by atoms with van der Waals surface area (Å²) < 4.78 is 4.49. The molecule has 0 spiro atoms. The summed E-state index contributed by atoms with van der Waals surface area (Å²) in [6, 6.07) is 3.78. The molecule has 0 bridgehead atoms. The van der Waals surface area contributed by atoms with E-state index in [2.05, 4.69) is 4.74 Å². The standard InChI is InChI=1S/C13H14O8/c14-6-10(17)12(13(19)20)21-11(18)4-2-7-1-3-8(15)9(16)5-7/h1-5,10,12,14-17H,6H2,(H,19,20)/t10-,12-/m0/s1. The third kappa shape index (κ3) is 4.79. The zero-order valence-corrected chi connectivity index (χ0v) is 10.7. The molecule has 0 unspecified atom stereocenters. The Bertz CT molecular complexity index is 551. The number of esters is 1. The maximum atomic E-state index is 11.4. The van der Waals surface area contributed by atoms with Crippen molar-refractivity contribution < 1.29 is 39.9 Å². The van der Waals surface area contributed by atoms with E-state index >= 15 is 0 Å². The van der Waals surface area contributed by atoms with E-state index < -0.39 is 30.8 Å². The maximum absolute atomic E-state index is 11.4. The molecule has 0 saturated heterocycles. The van der Waals surface area contributed by atoms with Gasteiger partial charge in [-0.2, -0.15) is 0 Å². The lowest BCUT2D eigenvalue weighted by Crippen LogP contribution is -2.40. The lowest BCUT2D eigenvalue weighted by molar-refractivity contribution is -0.170. The van der Waals surface area contributed by atoms with Gasteiger partial charge in [-0.3, -0.25) is 0 Å². The van der Waals surface area contributed by atoms with Gasteiger partial charge < -0.3 is 30.3 Å². The number of phenols is 2. The highest BCUT2D eigenvalue weighted by Crippen LogP contribution is 2.25. The van der Waals surface area contributed by atoms with Crippen LogP contribution in [-0.2, 0) is 14.3 Å². The molecule has 0 aromatic heterocycles. The summed E-state index contributed by atoms with van der Waals surface area (Å²) in [6.07, 6.45) is -1.53. The van der Waals surface area contributed by atoms with Gasteiger partial charge in [0.15, 0.2) is 11.5 Å². The predicted octanol–water partition coefficient (Wildman–Crippen LogP) is -0.539. The highest BCUT2D eigenvalue weighted by molar-refractivity contribution is 5.89. The first kappa shape index (κ1) is 16.5. The fraction of sp³-hybridized carbons (Fsp3) is 0.231. The number of benzene rings is 1. The minimum Gasteiger partial charge on any atom is -0.504 e. The highest BCUT2D eigenvalue weighted by atomic mass is 16.6. The topological polar surface area (TPSA) is 145 Å². The van der Waals surface area contributed by atoms with Crippen molar-refractivity contribution in [3.8, 4) is 11.5 Å². The summed E-state index contributed by atoms with van der Waals surface area (Å²) >= 11 is 0. The summed E-state index contributed by atoms with van der Waals surface area (Å²) in [7, 11) is 0. The lowest BCUT2D eigenvalue weighted by Gasteiger charge is -2.16. The molecule has 114 valence electrons. The molecular weight excluding hydrogens is 284 g/mol. The van der Waals surface area contributed by atoms with Crippen molar-refractivity contribution in [3.63, 3.8) is 0 Å². The number of aliphatic hydroxyl groups excluding tert-OH is 2. The van der Waals surface area contributed by atoms with Gasteiger partial charge in [-0.15, -0.1) is 0 Å². The summed E-state index contributed by atoms with van der Waals surface area (Å²) in [5, 5.41) is 45.0. The Morgan fingerprint density at radius 1 is 1.24 bits per heavy atom. The summed E-state index contributed by atoms with van der Waals surface area (Å²) in [6.45, 7) is -0.875. The molecule has 1 aromatic rings. The monoisotopic (exact) mass is 298 g/mol. The van der Waals surface area contributed by atoms with E-state index in [0.717, 1.165) is 6.08 Å². The molecular formula is C13H14O8. The molecule has 1 aromatic carbocycles. The molecule has 21 heavy (non-hydrogen) atoms. The minimum atomic E-state index is -1.89. The van der Waals surface area contributed by atoms with Crippen molar-refractivity contribution in [1.29, 1.82) is 0 Å². The molecule has 0 aliphatic rings. The Kier molecular flexibility index (Phi) is 5.70. The average Bonchev–Trinajstić information content (AvgIpc) is 2.44. The normalized spacial score (nSPS) is 13.8. The van der Waals surface area contributed by atoms with Crippen LogP contribution in [0.3, 0.4) is 0 Å². The molecule has 1 rings (SSSR count). The van der Waals surface area contributed by atoms with E-state index in [-0.39, 0.29) is 11.5 Å². The van der Waals surface area contributed by atoms with Gasteiger partial charge in [0.25, 0.3) is 0 Å². The molecule has 8 nitrogen and oxygen atoms in total. The Balaban J connectivity index is 2.73. The van der Waals surface area contributed by atoms with Crippen LogP contribution in [0, 0.1) is 0 Å². The van der Waals surface area contributed by atoms with E-state index in [1.165, 1.54) is 24.3 Å². The predicted molar refractivity (Wildman–Crippen MR) is 69.4 cm³/mol. The van der Waals surface area contributed by atoms with Crippen LogP contribution in [0.5, 0.6) is 11.5 Å². The lowest BCUT2D eigenvalue weighted by atomic mass is 10.2. The van der Waals surface area contributed by atoms with Crippen molar-refractivity contribution in [2.75, 3.05) is 6.61 Å². The molecule has 0 amide bonds. The fourth-order valence-electron chi connectivity index (χ4n) is 1.36. The van der Waals surface area contributed by atoms with Gasteiger partial charge in [-0.05, 0) is 23.8 Å². The largest absolute Gasteiger partial charge is 0.504 e. The van der Waals surface area contributed by atoms with Gasteiger partial charge in [0.1, 0.15) is 6.10 Å². The van der Waals surface area contributed by atoms with Gasteiger partial charge in [-0.1, -0.05) is 6.07 Å². The van der Waals surface area contributed by atoms with Gasteiger partial charge in [0.05, 0.1) is 6.61 Å². The number of aliphatic carboxylic acids is 1. The maximum Gasteiger partial charge on any atom is 0.347 e. The van der Waals surface area contributed by atoms with Gasteiger partial charge >= 0.3 is 11.9 Å². The number of rotatable bonds is 6. The quantitative estimate of drug-likeness (QED) is 0.267. The number of hydrogen-bond acceptors (Lipinski definition) is 7. The molecule has 0 fully saturated rings. The van der Waals surface area contributed by atoms with Crippen LogP contribution in [0.25, 0.3) is 6.08 Å². The SMILES string of the molecule is O=C(C=Cc1ccc(O)c(O)c1)O[C@H](C(=O)O)[C@@H](O)CO. The number of carboxylic acids is 1. The first-order valence-electron chi connectivity index (χ1n) is 5.77. The fourth-order valence-corrected chi connectivity index (χ4v) is 1.36. The molecule has 0 heterocycles. The van der Waals surface area contributed by atoms with E-state index in [9.17, 15) is 19.8 Å². The zero-order valence-electron chi connectivity index (χ0n) is 10.7. The van der Waals surface area contributed by atoms with Crippen LogP contribution < -0.4 is 0 Å². The van der Waals surface area contributed by atoms with Crippen molar-refractivity contribution in [1.82, 2.24) is 0 Å². The molecule has 0 aliphatic carbocycles. The van der Waals surface area contributed by atoms with E-state index in [4.69, 9.17) is 15.3 Å². The summed E-state index contributed by atoms with van der Waals surface area (Å²) in [5.41, 5.74) is 0.358. The third-order valence-corrected chi connectivity index (χ3v) is 2.43. The molecule has 2 atom stereocenters. The Labute approximate surface area is 119 Å². The van der Waals surface area contributed by atoms with Crippen LogP contribution in [-0.4, -0.2) is 56.3 Å². The molecule has 5 N–H and O–H groups in total. The number of carbonyl (C=O) groups is 2. The zero-order chi connectivity index (χ0) is 16.0. The van der Waals surface area contributed by atoms with Crippen LogP contribution in [0.1, 0.15) is 5.56 Å². The highest BCUT2D eigenvalue weighted by Gasteiger charge is 2.29. The van der Waals surface area contributed by atoms with Crippen molar-refractivity contribution >= 4 is 18.0 Å². The second-order valence-corrected chi connectivity index (χ2v) is 4.03. The summed E-state index contributed by atoms with van der Waals surface area (Å²) in [5.74, 6) is -3.36. The van der Waals surface area contributed by atoms with Gasteiger partial charge in [0.2, 0.25) is 6.10 Å². The number of aromatic hydroxyl groups is 2. The number of aliphatic hydroxyl groups is 2. The summed E-state index contributed by atoms with van der Waals surface area (Å²) in [4.78, 5) is 22.2. The second-order valence-electron chi connectivity index (χ2n) is 4.03. The van der Waals surface area contributed by atoms with E-state index in [1.807, 2.05) is 0 Å². The third-order valence-electron chi connectivity index (χ3n) is 2.43. The number of hydrogen-bond donors (Lipinski definition) is 5. The van der Waals surface area contributed by atoms with Gasteiger partial charge in [0, 0.05) is 6.08 Å². The molecule has 0 radical (unpaired) electrons. The van der Waals surface area contributed by atoms with E-state index in [1.54, 1.807) is 0 Å². The number of phenolic OH excluding ortho intramolecular Hbond substituents is 2.